The normalized spacial score (nSPS) is 19.6. The summed E-state index contributed by atoms with van der Waals surface area (Å²) in [6, 6.07) is 3.70. The minimum absolute atomic E-state index is 0.0440. The van der Waals surface area contributed by atoms with Gasteiger partial charge in [0.2, 0.25) is 5.92 Å². The molecule has 1 aliphatic rings. The SMILES string of the molecule is CC(C)(C)S/N=C/c1ccc(C2CC(F)(F)C2)cn1. The average Bonchev–Trinajstić information content (AvgIpc) is 2.25. The van der Waals surface area contributed by atoms with Crippen LogP contribution in [0.1, 0.15) is 50.8 Å². The number of alkyl halides is 2. The molecule has 0 amide bonds. The van der Waals surface area contributed by atoms with Crippen LogP contribution in [0.3, 0.4) is 0 Å². The van der Waals surface area contributed by atoms with E-state index in [4.69, 9.17) is 0 Å². The first-order valence-electron chi connectivity index (χ1n) is 6.30. The number of pyridine rings is 1. The summed E-state index contributed by atoms with van der Waals surface area (Å²) in [5.74, 6) is -2.52. The van der Waals surface area contributed by atoms with E-state index in [0.29, 0.717) is 0 Å². The smallest absolute Gasteiger partial charge is 0.249 e. The van der Waals surface area contributed by atoms with Crippen LogP contribution in [0.5, 0.6) is 0 Å². The highest BCUT2D eigenvalue weighted by Gasteiger charge is 2.45. The van der Waals surface area contributed by atoms with Crippen molar-refractivity contribution < 1.29 is 8.78 Å². The van der Waals surface area contributed by atoms with Gasteiger partial charge in [-0.25, -0.2) is 13.2 Å². The zero-order valence-electron chi connectivity index (χ0n) is 11.4. The van der Waals surface area contributed by atoms with Crippen molar-refractivity contribution in [3.63, 3.8) is 0 Å². The van der Waals surface area contributed by atoms with Gasteiger partial charge in [0.1, 0.15) is 0 Å². The second-order valence-electron chi connectivity index (χ2n) is 5.92. The van der Waals surface area contributed by atoms with Crippen molar-refractivity contribution in [1.82, 2.24) is 4.98 Å². The van der Waals surface area contributed by atoms with E-state index in [-0.39, 0.29) is 23.5 Å². The zero-order chi connectivity index (χ0) is 14.1. The molecule has 0 aliphatic heterocycles. The van der Waals surface area contributed by atoms with Gasteiger partial charge in [-0.05, 0) is 50.3 Å². The van der Waals surface area contributed by atoms with Crippen molar-refractivity contribution in [2.24, 2.45) is 4.40 Å². The van der Waals surface area contributed by atoms with E-state index in [0.717, 1.165) is 11.3 Å². The Kier molecular flexibility index (Phi) is 3.95. The molecule has 2 rings (SSSR count). The summed E-state index contributed by atoms with van der Waals surface area (Å²) in [5, 5.41) is 0. The van der Waals surface area contributed by atoms with Gasteiger partial charge >= 0.3 is 0 Å². The molecule has 1 aromatic rings. The predicted molar refractivity (Wildman–Crippen MR) is 76.1 cm³/mol. The lowest BCUT2D eigenvalue weighted by atomic mass is 9.77. The molecule has 1 fully saturated rings. The first-order chi connectivity index (χ1) is 8.75. The number of nitrogens with zero attached hydrogens (tertiary/aromatic N) is 2. The van der Waals surface area contributed by atoms with Crippen molar-refractivity contribution >= 4 is 18.2 Å². The molecular formula is C14H18F2N2S. The first kappa shape index (κ1) is 14.4. The van der Waals surface area contributed by atoms with Crippen LogP contribution >= 0.6 is 11.9 Å². The quantitative estimate of drug-likeness (QED) is 0.605. The lowest BCUT2D eigenvalue weighted by Crippen LogP contribution is -2.33. The maximum Gasteiger partial charge on any atom is 0.249 e. The fourth-order valence-electron chi connectivity index (χ4n) is 1.87. The molecule has 0 radical (unpaired) electrons. The largest absolute Gasteiger partial charge is 0.255 e. The third-order valence-electron chi connectivity index (χ3n) is 2.88. The number of hydrogen-bond donors (Lipinski definition) is 0. The molecule has 0 saturated heterocycles. The van der Waals surface area contributed by atoms with E-state index in [1.165, 1.54) is 11.9 Å². The Hall–Kier alpha value is -0.970. The summed E-state index contributed by atoms with van der Waals surface area (Å²) in [4.78, 5) is 4.24. The molecule has 0 spiro atoms. The minimum Gasteiger partial charge on any atom is -0.255 e. The van der Waals surface area contributed by atoms with Gasteiger partial charge in [0.25, 0.3) is 0 Å². The van der Waals surface area contributed by atoms with E-state index >= 15 is 0 Å². The molecule has 0 atom stereocenters. The van der Waals surface area contributed by atoms with Gasteiger partial charge in [-0.3, -0.25) is 4.98 Å². The van der Waals surface area contributed by atoms with E-state index in [1.807, 2.05) is 12.1 Å². The third kappa shape index (κ3) is 4.27. The van der Waals surface area contributed by atoms with Crippen LogP contribution in [-0.2, 0) is 0 Å². The Balaban J connectivity index is 1.92. The van der Waals surface area contributed by atoms with Crippen LogP contribution in [0.25, 0.3) is 0 Å². The highest BCUT2D eigenvalue weighted by molar-refractivity contribution is 7.99. The van der Waals surface area contributed by atoms with Gasteiger partial charge in [0.15, 0.2) is 0 Å². The van der Waals surface area contributed by atoms with Crippen molar-refractivity contribution in [1.29, 1.82) is 0 Å². The van der Waals surface area contributed by atoms with Gasteiger partial charge in [-0.1, -0.05) is 6.07 Å². The van der Waals surface area contributed by atoms with E-state index in [1.54, 1.807) is 12.4 Å². The van der Waals surface area contributed by atoms with Crippen LogP contribution in [0.4, 0.5) is 8.78 Å². The molecule has 1 heterocycles. The second kappa shape index (κ2) is 5.19. The number of aromatic nitrogens is 1. The highest BCUT2D eigenvalue weighted by atomic mass is 32.2. The molecule has 0 unspecified atom stereocenters. The third-order valence-corrected chi connectivity index (χ3v) is 3.64. The predicted octanol–water partition coefficient (Wildman–Crippen LogP) is 4.46. The van der Waals surface area contributed by atoms with Crippen molar-refractivity contribution in [2.75, 3.05) is 0 Å². The van der Waals surface area contributed by atoms with Crippen LogP contribution in [0.2, 0.25) is 0 Å². The first-order valence-corrected chi connectivity index (χ1v) is 7.08. The summed E-state index contributed by atoms with van der Waals surface area (Å²) >= 11 is 1.48. The highest BCUT2D eigenvalue weighted by Crippen LogP contribution is 2.47. The van der Waals surface area contributed by atoms with Crippen molar-refractivity contribution in [3.8, 4) is 0 Å². The van der Waals surface area contributed by atoms with Gasteiger partial charge in [-0.15, -0.1) is 0 Å². The Bertz CT molecular complexity index is 455. The van der Waals surface area contributed by atoms with E-state index in [9.17, 15) is 8.78 Å². The average molecular weight is 284 g/mol. The van der Waals surface area contributed by atoms with E-state index < -0.39 is 5.92 Å². The number of rotatable bonds is 3. The van der Waals surface area contributed by atoms with Crippen molar-refractivity contribution in [3.05, 3.63) is 29.6 Å². The molecule has 0 aromatic carbocycles. The maximum absolute atomic E-state index is 12.8. The number of halogens is 2. The Morgan fingerprint density at radius 2 is 2.05 bits per heavy atom. The summed E-state index contributed by atoms with van der Waals surface area (Å²) < 4.78 is 29.9. The summed E-state index contributed by atoms with van der Waals surface area (Å²) in [7, 11) is 0. The number of hydrogen-bond acceptors (Lipinski definition) is 3. The van der Waals surface area contributed by atoms with Crippen molar-refractivity contribution in [2.45, 2.75) is 50.2 Å². The topological polar surface area (TPSA) is 25.2 Å². The van der Waals surface area contributed by atoms with Gasteiger partial charge < -0.3 is 0 Å². The molecule has 19 heavy (non-hydrogen) atoms. The standard InChI is InChI=1S/C14H18F2N2S/c1-13(2,3)19-18-9-12-5-4-10(8-17-12)11-6-14(15,16)7-11/h4-5,8-9,11H,6-7H2,1-3H3/b18-9+. The van der Waals surface area contributed by atoms with Crippen LogP contribution < -0.4 is 0 Å². The fraction of sp³-hybridized carbons (Fsp3) is 0.571. The molecule has 2 nitrogen and oxygen atoms in total. The van der Waals surface area contributed by atoms with Crippen LogP contribution in [0.15, 0.2) is 22.7 Å². The zero-order valence-corrected chi connectivity index (χ0v) is 12.2. The molecule has 1 saturated carbocycles. The monoisotopic (exact) mass is 284 g/mol. The van der Waals surface area contributed by atoms with Crippen LogP contribution in [-0.4, -0.2) is 21.9 Å². The molecule has 0 bridgehead atoms. The summed E-state index contributed by atoms with van der Waals surface area (Å²) in [5.41, 5.74) is 1.65. The minimum atomic E-state index is -2.48. The Morgan fingerprint density at radius 1 is 1.37 bits per heavy atom. The van der Waals surface area contributed by atoms with Gasteiger partial charge in [0, 0.05) is 23.8 Å². The molecule has 0 N–H and O–H groups in total. The summed E-state index contributed by atoms with van der Waals surface area (Å²) in [6.07, 6.45) is 3.28. The lowest BCUT2D eigenvalue weighted by molar-refractivity contribution is -0.0868. The summed E-state index contributed by atoms with van der Waals surface area (Å²) in [6.45, 7) is 6.26. The Morgan fingerprint density at radius 3 is 2.53 bits per heavy atom. The molecule has 1 aliphatic carbocycles. The fourth-order valence-corrected chi connectivity index (χ4v) is 2.35. The van der Waals surface area contributed by atoms with E-state index in [2.05, 4.69) is 30.2 Å². The molecule has 104 valence electrons. The van der Waals surface area contributed by atoms with Gasteiger partial charge in [0.05, 0.1) is 11.9 Å². The lowest BCUT2D eigenvalue weighted by Gasteiger charge is -2.34. The molecule has 5 heteroatoms. The van der Waals surface area contributed by atoms with Gasteiger partial charge in [-0.2, -0.15) is 0 Å². The second-order valence-corrected chi connectivity index (χ2v) is 7.53. The maximum atomic E-state index is 12.8. The molecule has 1 aromatic heterocycles. The Labute approximate surface area is 116 Å². The molecular weight excluding hydrogens is 266 g/mol. The van der Waals surface area contributed by atoms with Crippen LogP contribution in [0, 0.1) is 0 Å².